The highest BCUT2D eigenvalue weighted by molar-refractivity contribution is 7.98. The highest BCUT2D eigenvalue weighted by Gasteiger charge is 2.25. The van der Waals surface area contributed by atoms with Crippen LogP contribution in [0.2, 0.25) is 0 Å². The van der Waals surface area contributed by atoms with Crippen LogP contribution in [0.5, 0.6) is 0 Å². The van der Waals surface area contributed by atoms with E-state index in [1.807, 2.05) is 52.8 Å². The Morgan fingerprint density at radius 3 is 2.69 bits per heavy atom. The average Bonchev–Trinajstić information content (AvgIpc) is 3.24. The second kappa shape index (κ2) is 7.38. The van der Waals surface area contributed by atoms with Gasteiger partial charge in [0.25, 0.3) is 0 Å². The maximum Gasteiger partial charge on any atom is 0.225 e. The molecule has 1 N–H and O–H groups in total. The summed E-state index contributed by atoms with van der Waals surface area (Å²) in [4.78, 5) is 12.6. The molecular weight excluding hydrogens is 342 g/mol. The van der Waals surface area contributed by atoms with Crippen LogP contribution in [0.15, 0.2) is 54.6 Å². The standard InChI is InChI=1S/C21H21N3OS/c1-15-7-5-6-10-19(15)24-21(17-13-26-14-18(17)23-24)22-20(25)12-11-16-8-3-2-4-9-16/h2-10H,11-14H2,1H3,(H,22,25). The second-order valence-electron chi connectivity index (χ2n) is 6.50. The number of nitrogens with zero attached hydrogens (tertiary/aromatic N) is 2. The molecule has 0 saturated carbocycles. The molecule has 0 aliphatic carbocycles. The number of rotatable bonds is 5. The molecule has 4 nitrogen and oxygen atoms in total. The highest BCUT2D eigenvalue weighted by Crippen LogP contribution is 2.36. The van der Waals surface area contributed by atoms with Crippen molar-refractivity contribution in [2.75, 3.05) is 5.32 Å². The van der Waals surface area contributed by atoms with Crippen molar-refractivity contribution in [2.45, 2.75) is 31.3 Å². The minimum Gasteiger partial charge on any atom is -0.310 e. The molecule has 0 saturated heterocycles. The highest BCUT2D eigenvalue weighted by atomic mass is 32.2. The minimum atomic E-state index is 0.0308. The molecule has 0 spiro atoms. The summed E-state index contributed by atoms with van der Waals surface area (Å²) in [6, 6.07) is 18.2. The molecule has 0 bridgehead atoms. The lowest BCUT2D eigenvalue weighted by molar-refractivity contribution is -0.116. The number of hydrogen-bond donors (Lipinski definition) is 1. The van der Waals surface area contributed by atoms with Crippen LogP contribution in [0.4, 0.5) is 5.82 Å². The van der Waals surface area contributed by atoms with Gasteiger partial charge >= 0.3 is 0 Å². The van der Waals surface area contributed by atoms with Gasteiger partial charge in [-0.05, 0) is 30.5 Å². The molecule has 1 aromatic heterocycles. The van der Waals surface area contributed by atoms with Crippen LogP contribution in [0.3, 0.4) is 0 Å². The number of carbonyl (C=O) groups is 1. The molecule has 1 amide bonds. The topological polar surface area (TPSA) is 46.9 Å². The van der Waals surface area contributed by atoms with Gasteiger partial charge in [0.2, 0.25) is 5.91 Å². The van der Waals surface area contributed by atoms with Gasteiger partial charge in [-0.25, -0.2) is 4.68 Å². The molecule has 5 heteroatoms. The number of benzene rings is 2. The molecule has 0 radical (unpaired) electrons. The zero-order valence-electron chi connectivity index (χ0n) is 14.7. The monoisotopic (exact) mass is 363 g/mol. The summed E-state index contributed by atoms with van der Waals surface area (Å²) in [5.74, 6) is 2.66. The Morgan fingerprint density at radius 2 is 1.88 bits per heavy atom. The number of amides is 1. The lowest BCUT2D eigenvalue weighted by Gasteiger charge is -2.13. The third kappa shape index (κ3) is 3.40. The first-order valence-corrected chi connectivity index (χ1v) is 9.96. The first-order valence-electron chi connectivity index (χ1n) is 8.80. The summed E-state index contributed by atoms with van der Waals surface area (Å²) >= 11 is 1.84. The van der Waals surface area contributed by atoms with Crippen LogP contribution in [0.1, 0.15) is 28.8 Å². The van der Waals surface area contributed by atoms with Gasteiger partial charge in [0.15, 0.2) is 0 Å². The molecule has 1 aliphatic rings. The van der Waals surface area contributed by atoms with Gasteiger partial charge < -0.3 is 5.32 Å². The molecule has 2 heterocycles. The Labute approximate surface area is 157 Å². The number of carbonyl (C=O) groups excluding carboxylic acids is 1. The molecular formula is C21H21N3OS. The zero-order valence-corrected chi connectivity index (χ0v) is 15.6. The van der Waals surface area contributed by atoms with E-state index in [4.69, 9.17) is 5.10 Å². The minimum absolute atomic E-state index is 0.0308. The van der Waals surface area contributed by atoms with Gasteiger partial charge in [-0.15, -0.1) is 0 Å². The fraction of sp³-hybridized carbons (Fsp3) is 0.238. The number of fused-ring (bicyclic) bond motifs is 1. The summed E-state index contributed by atoms with van der Waals surface area (Å²) in [5, 5.41) is 7.91. The molecule has 0 fully saturated rings. The molecule has 3 aromatic rings. The van der Waals surface area contributed by atoms with E-state index in [-0.39, 0.29) is 5.91 Å². The Bertz CT molecular complexity index is 934. The third-order valence-corrected chi connectivity index (χ3v) is 5.61. The Morgan fingerprint density at radius 1 is 1.12 bits per heavy atom. The third-order valence-electron chi connectivity index (χ3n) is 4.64. The van der Waals surface area contributed by atoms with Crippen LogP contribution in [-0.2, 0) is 22.7 Å². The van der Waals surface area contributed by atoms with E-state index in [2.05, 4.69) is 30.4 Å². The van der Waals surface area contributed by atoms with E-state index in [1.165, 1.54) is 5.56 Å². The van der Waals surface area contributed by atoms with Crippen molar-refractivity contribution in [3.63, 3.8) is 0 Å². The van der Waals surface area contributed by atoms with E-state index in [1.54, 1.807) is 0 Å². The second-order valence-corrected chi connectivity index (χ2v) is 7.48. The largest absolute Gasteiger partial charge is 0.310 e. The number of aryl methyl sites for hydroxylation is 2. The first-order chi connectivity index (χ1) is 12.7. The van der Waals surface area contributed by atoms with Gasteiger partial charge in [-0.3, -0.25) is 4.79 Å². The van der Waals surface area contributed by atoms with Crippen LogP contribution >= 0.6 is 11.8 Å². The predicted octanol–water partition coefficient (Wildman–Crippen LogP) is 4.50. The number of nitrogens with one attached hydrogen (secondary N) is 1. The average molecular weight is 363 g/mol. The fourth-order valence-corrected chi connectivity index (χ4v) is 4.25. The van der Waals surface area contributed by atoms with E-state index in [0.29, 0.717) is 6.42 Å². The van der Waals surface area contributed by atoms with Crippen molar-refractivity contribution >= 4 is 23.5 Å². The molecule has 0 unspecified atom stereocenters. The zero-order chi connectivity index (χ0) is 17.9. The van der Waals surface area contributed by atoms with E-state index >= 15 is 0 Å². The Balaban J connectivity index is 1.58. The summed E-state index contributed by atoms with van der Waals surface area (Å²) in [5.41, 5.74) is 5.57. The van der Waals surface area contributed by atoms with Crippen LogP contribution in [-0.4, -0.2) is 15.7 Å². The molecule has 4 rings (SSSR count). The molecule has 26 heavy (non-hydrogen) atoms. The smallest absolute Gasteiger partial charge is 0.225 e. The normalized spacial score (nSPS) is 12.8. The number of aromatic nitrogens is 2. The van der Waals surface area contributed by atoms with E-state index in [0.717, 1.165) is 46.3 Å². The summed E-state index contributed by atoms with van der Waals surface area (Å²) < 4.78 is 1.90. The quantitative estimate of drug-likeness (QED) is 0.726. The molecule has 2 aromatic carbocycles. The predicted molar refractivity (Wildman–Crippen MR) is 107 cm³/mol. The van der Waals surface area contributed by atoms with Crippen molar-refractivity contribution in [1.29, 1.82) is 0 Å². The van der Waals surface area contributed by atoms with Crippen molar-refractivity contribution in [2.24, 2.45) is 0 Å². The van der Waals surface area contributed by atoms with Crippen LogP contribution < -0.4 is 5.32 Å². The van der Waals surface area contributed by atoms with E-state index < -0.39 is 0 Å². The maximum atomic E-state index is 12.6. The molecule has 1 aliphatic heterocycles. The SMILES string of the molecule is Cc1ccccc1-n1nc2c(c1NC(=O)CCc1ccccc1)CSC2. The summed E-state index contributed by atoms with van der Waals surface area (Å²) in [7, 11) is 0. The molecule has 0 atom stereocenters. The number of para-hydroxylation sites is 1. The Hall–Kier alpha value is -2.53. The lowest BCUT2D eigenvalue weighted by atomic mass is 10.1. The van der Waals surface area contributed by atoms with Gasteiger partial charge in [0, 0.05) is 23.5 Å². The summed E-state index contributed by atoms with van der Waals surface area (Å²) in [6.45, 7) is 2.07. The van der Waals surface area contributed by atoms with Crippen LogP contribution in [0, 0.1) is 6.92 Å². The maximum absolute atomic E-state index is 12.6. The first kappa shape index (κ1) is 16.9. The van der Waals surface area contributed by atoms with Crippen molar-refractivity contribution in [3.8, 4) is 5.69 Å². The summed E-state index contributed by atoms with van der Waals surface area (Å²) in [6.07, 6.45) is 1.20. The van der Waals surface area contributed by atoms with Crippen molar-refractivity contribution in [3.05, 3.63) is 77.0 Å². The van der Waals surface area contributed by atoms with Gasteiger partial charge in [-0.1, -0.05) is 48.5 Å². The Kier molecular flexibility index (Phi) is 4.80. The van der Waals surface area contributed by atoms with Gasteiger partial charge in [-0.2, -0.15) is 16.9 Å². The van der Waals surface area contributed by atoms with Gasteiger partial charge in [0.1, 0.15) is 5.82 Å². The number of hydrogen-bond acceptors (Lipinski definition) is 3. The molecule has 132 valence electrons. The number of thioether (sulfide) groups is 1. The van der Waals surface area contributed by atoms with Crippen LogP contribution in [0.25, 0.3) is 5.69 Å². The van der Waals surface area contributed by atoms with Crippen molar-refractivity contribution < 1.29 is 4.79 Å². The van der Waals surface area contributed by atoms with Gasteiger partial charge in [0.05, 0.1) is 11.4 Å². The van der Waals surface area contributed by atoms with E-state index in [9.17, 15) is 4.79 Å². The lowest BCUT2D eigenvalue weighted by Crippen LogP contribution is -2.17. The van der Waals surface area contributed by atoms with Crippen molar-refractivity contribution in [1.82, 2.24) is 9.78 Å². The fourth-order valence-electron chi connectivity index (χ4n) is 3.21. The number of anilines is 1.